The maximum atomic E-state index is 8.63. The smallest absolute Gasteiger partial charge is 0.233 e. The average molecular weight is 200 g/mol. The number of rotatable bonds is 1. The first kappa shape index (κ1) is 11.1. The van der Waals surface area contributed by atoms with E-state index in [0.29, 0.717) is 6.04 Å². The highest BCUT2D eigenvalue weighted by atomic mass is 16.4. The summed E-state index contributed by atoms with van der Waals surface area (Å²) in [4.78, 5) is 4.34. The number of nitrogens with two attached hydrogens (primary N) is 1. The zero-order valence-corrected chi connectivity index (χ0v) is 8.98. The highest BCUT2D eigenvalue weighted by Gasteiger charge is 2.22. The second-order valence-electron chi connectivity index (χ2n) is 3.75. The Hall–Kier alpha value is -0.970. The molecule has 0 aromatic carbocycles. The quantitative estimate of drug-likeness (QED) is 0.273. The fourth-order valence-electron chi connectivity index (χ4n) is 1.93. The van der Waals surface area contributed by atoms with Gasteiger partial charge < -0.3 is 20.7 Å². The molecule has 0 radical (unpaired) electrons. The lowest BCUT2D eigenvalue weighted by Gasteiger charge is -2.28. The molecule has 1 aliphatic rings. The Balaban J connectivity index is 2.62. The summed E-state index contributed by atoms with van der Waals surface area (Å²) in [6.45, 7) is 8.27. The van der Waals surface area contributed by atoms with Crippen LogP contribution in [0, 0.1) is 0 Å². The van der Waals surface area contributed by atoms with Crippen molar-refractivity contribution >= 4 is 5.96 Å². The minimum absolute atomic E-state index is 0.232. The standard InChI is InChI=1S/C9H20N4O/c1-3-12-5-4-6-13(8(2)7-12)9(10)11-14/h8,14H,3-7H2,1-2H3,(H2,10,11). The number of guanidine groups is 1. The maximum absolute atomic E-state index is 8.63. The Morgan fingerprint density at radius 3 is 2.86 bits per heavy atom. The number of oxime groups is 1. The summed E-state index contributed by atoms with van der Waals surface area (Å²) < 4.78 is 0. The molecule has 1 unspecified atom stereocenters. The van der Waals surface area contributed by atoms with Gasteiger partial charge in [0.1, 0.15) is 0 Å². The lowest BCUT2D eigenvalue weighted by Crippen LogP contribution is -2.46. The summed E-state index contributed by atoms with van der Waals surface area (Å²) in [6, 6.07) is 0.313. The van der Waals surface area contributed by atoms with Crippen molar-refractivity contribution in [2.75, 3.05) is 26.2 Å². The zero-order valence-electron chi connectivity index (χ0n) is 8.98. The lowest BCUT2D eigenvalue weighted by molar-refractivity contribution is 0.245. The molecule has 1 atom stereocenters. The Bertz CT molecular complexity index is 207. The van der Waals surface area contributed by atoms with E-state index < -0.39 is 0 Å². The molecule has 5 heteroatoms. The topological polar surface area (TPSA) is 65.1 Å². The van der Waals surface area contributed by atoms with Gasteiger partial charge in [-0.1, -0.05) is 12.1 Å². The zero-order chi connectivity index (χ0) is 10.6. The molecule has 0 amide bonds. The van der Waals surface area contributed by atoms with Gasteiger partial charge in [0.25, 0.3) is 0 Å². The van der Waals surface area contributed by atoms with Gasteiger partial charge in [0, 0.05) is 19.1 Å². The van der Waals surface area contributed by atoms with Crippen LogP contribution in [0.1, 0.15) is 20.3 Å². The molecule has 1 saturated heterocycles. The fourth-order valence-corrected chi connectivity index (χ4v) is 1.93. The van der Waals surface area contributed by atoms with Gasteiger partial charge in [0.2, 0.25) is 5.96 Å². The predicted molar refractivity (Wildman–Crippen MR) is 56.3 cm³/mol. The normalized spacial score (nSPS) is 26.3. The summed E-state index contributed by atoms with van der Waals surface area (Å²) in [7, 11) is 0. The van der Waals surface area contributed by atoms with E-state index >= 15 is 0 Å². The maximum Gasteiger partial charge on any atom is 0.233 e. The van der Waals surface area contributed by atoms with Gasteiger partial charge >= 0.3 is 0 Å². The molecular formula is C9H20N4O. The fraction of sp³-hybridized carbons (Fsp3) is 0.889. The van der Waals surface area contributed by atoms with E-state index in [1.807, 2.05) is 4.90 Å². The Morgan fingerprint density at radius 1 is 1.57 bits per heavy atom. The molecule has 1 aliphatic heterocycles. The van der Waals surface area contributed by atoms with Crippen molar-refractivity contribution in [2.24, 2.45) is 10.9 Å². The molecule has 0 aliphatic carbocycles. The van der Waals surface area contributed by atoms with Crippen molar-refractivity contribution in [2.45, 2.75) is 26.3 Å². The Labute approximate surface area is 85.2 Å². The Kier molecular flexibility index (Phi) is 4.00. The Morgan fingerprint density at radius 2 is 2.29 bits per heavy atom. The molecule has 5 nitrogen and oxygen atoms in total. The van der Waals surface area contributed by atoms with E-state index in [2.05, 4.69) is 23.9 Å². The van der Waals surface area contributed by atoms with E-state index in [9.17, 15) is 0 Å². The van der Waals surface area contributed by atoms with Crippen LogP contribution in [-0.4, -0.2) is 53.2 Å². The highest BCUT2D eigenvalue weighted by molar-refractivity contribution is 5.77. The van der Waals surface area contributed by atoms with Gasteiger partial charge in [0.15, 0.2) is 0 Å². The van der Waals surface area contributed by atoms with Crippen molar-refractivity contribution in [3.05, 3.63) is 0 Å². The minimum Gasteiger partial charge on any atom is -0.408 e. The number of likely N-dealkylation sites (N-methyl/N-ethyl adjacent to an activating group) is 1. The van der Waals surface area contributed by atoms with Crippen LogP contribution in [0.25, 0.3) is 0 Å². The van der Waals surface area contributed by atoms with Crippen LogP contribution in [-0.2, 0) is 0 Å². The summed E-state index contributed by atoms with van der Waals surface area (Å²) in [5, 5.41) is 11.7. The molecular weight excluding hydrogens is 180 g/mol. The molecule has 0 aromatic rings. The van der Waals surface area contributed by atoms with Gasteiger partial charge in [-0.2, -0.15) is 0 Å². The van der Waals surface area contributed by atoms with Crippen molar-refractivity contribution in [1.29, 1.82) is 0 Å². The number of hydrogen-bond acceptors (Lipinski definition) is 3. The third-order valence-electron chi connectivity index (χ3n) is 2.77. The average Bonchev–Trinajstić information content (AvgIpc) is 2.38. The van der Waals surface area contributed by atoms with Crippen LogP contribution in [0.5, 0.6) is 0 Å². The van der Waals surface area contributed by atoms with E-state index in [4.69, 9.17) is 10.9 Å². The van der Waals surface area contributed by atoms with E-state index in [-0.39, 0.29) is 5.96 Å². The third-order valence-corrected chi connectivity index (χ3v) is 2.77. The second kappa shape index (κ2) is 5.05. The summed E-state index contributed by atoms with van der Waals surface area (Å²) in [5.74, 6) is 0.232. The SMILES string of the molecule is CCN1CCCN(/C(N)=N/O)C(C)C1. The van der Waals surface area contributed by atoms with Gasteiger partial charge in [-0.15, -0.1) is 0 Å². The molecule has 0 bridgehead atoms. The van der Waals surface area contributed by atoms with Gasteiger partial charge in [-0.05, 0) is 26.4 Å². The molecule has 0 spiro atoms. The first-order valence-corrected chi connectivity index (χ1v) is 5.15. The molecule has 0 aromatic heterocycles. The van der Waals surface area contributed by atoms with E-state index in [1.54, 1.807) is 0 Å². The summed E-state index contributed by atoms with van der Waals surface area (Å²) in [5.41, 5.74) is 5.60. The molecule has 1 fully saturated rings. The van der Waals surface area contributed by atoms with Crippen LogP contribution >= 0.6 is 0 Å². The number of nitrogens with zero attached hydrogens (tertiary/aromatic N) is 3. The lowest BCUT2D eigenvalue weighted by atomic mass is 10.3. The first-order valence-electron chi connectivity index (χ1n) is 5.15. The molecule has 0 saturated carbocycles. The van der Waals surface area contributed by atoms with Gasteiger partial charge in [-0.25, -0.2) is 0 Å². The molecule has 1 rings (SSSR count). The van der Waals surface area contributed by atoms with Crippen LogP contribution in [0.15, 0.2) is 5.16 Å². The van der Waals surface area contributed by atoms with Crippen LogP contribution in [0.2, 0.25) is 0 Å². The van der Waals surface area contributed by atoms with Crippen LogP contribution in [0.4, 0.5) is 0 Å². The second-order valence-corrected chi connectivity index (χ2v) is 3.75. The van der Waals surface area contributed by atoms with Gasteiger partial charge in [0.05, 0.1) is 0 Å². The largest absolute Gasteiger partial charge is 0.408 e. The third kappa shape index (κ3) is 2.51. The van der Waals surface area contributed by atoms with Crippen molar-refractivity contribution in [3.63, 3.8) is 0 Å². The molecule has 1 heterocycles. The van der Waals surface area contributed by atoms with Crippen LogP contribution < -0.4 is 5.73 Å². The summed E-state index contributed by atoms with van der Waals surface area (Å²) >= 11 is 0. The molecule has 14 heavy (non-hydrogen) atoms. The van der Waals surface area contributed by atoms with Crippen molar-refractivity contribution < 1.29 is 5.21 Å². The first-order chi connectivity index (χ1) is 6.69. The predicted octanol–water partition coefficient (Wildman–Crippen LogP) is 0.106. The van der Waals surface area contributed by atoms with E-state index in [0.717, 1.165) is 32.6 Å². The van der Waals surface area contributed by atoms with Crippen LogP contribution in [0.3, 0.4) is 0 Å². The summed E-state index contributed by atoms with van der Waals surface area (Å²) in [6.07, 6.45) is 1.06. The highest BCUT2D eigenvalue weighted by Crippen LogP contribution is 2.08. The van der Waals surface area contributed by atoms with Crippen molar-refractivity contribution in [1.82, 2.24) is 9.80 Å². The monoisotopic (exact) mass is 200 g/mol. The molecule has 82 valence electrons. The van der Waals surface area contributed by atoms with E-state index in [1.165, 1.54) is 0 Å². The minimum atomic E-state index is 0.232. The van der Waals surface area contributed by atoms with Gasteiger partial charge in [-0.3, -0.25) is 0 Å². The number of hydrogen-bond donors (Lipinski definition) is 2. The van der Waals surface area contributed by atoms with Crippen molar-refractivity contribution in [3.8, 4) is 0 Å². The molecule has 3 N–H and O–H groups in total.